The number of likely N-dealkylation sites (N-methyl/N-ethyl adjacent to an activating group) is 1. The van der Waals surface area contributed by atoms with Gasteiger partial charge in [0.2, 0.25) is 5.95 Å². The van der Waals surface area contributed by atoms with Crippen LogP contribution in [0.3, 0.4) is 0 Å². The SMILES string of the molecule is C#Cc1cc(NC(=O)OC2CCCCC2)nc2nc(Nc3ccc(N4CCN(C)CC4)cc3)ncc12. The molecule has 2 aliphatic rings. The molecule has 0 unspecified atom stereocenters. The van der Waals surface area contributed by atoms with Gasteiger partial charge >= 0.3 is 6.09 Å². The van der Waals surface area contributed by atoms with E-state index in [1.807, 2.05) is 12.1 Å². The number of hydrogen-bond donors (Lipinski definition) is 2. The number of hydrogen-bond acceptors (Lipinski definition) is 8. The Balaban J connectivity index is 1.29. The molecule has 1 saturated heterocycles. The van der Waals surface area contributed by atoms with Gasteiger partial charge in [0.05, 0.1) is 5.39 Å². The van der Waals surface area contributed by atoms with Gasteiger partial charge in [0.25, 0.3) is 0 Å². The van der Waals surface area contributed by atoms with Gasteiger partial charge in [0.15, 0.2) is 5.65 Å². The van der Waals surface area contributed by atoms with Crippen molar-refractivity contribution in [1.82, 2.24) is 19.9 Å². The van der Waals surface area contributed by atoms with E-state index in [9.17, 15) is 4.79 Å². The fraction of sp³-hybridized carbons (Fsp3) is 0.407. The largest absolute Gasteiger partial charge is 0.446 e. The molecule has 5 rings (SSSR count). The summed E-state index contributed by atoms with van der Waals surface area (Å²) in [5, 5.41) is 6.58. The Hall–Kier alpha value is -3.90. The van der Waals surface area contributed by atoms with E-state index < -0.39 is 6.09 Å². The molecule has 1 amide bonds. The number of carbonyl (C=O) groups excluding carboxylic acids is 1. The van der Waals surface area contributed by atoms with E-state index in [4.69, 9.17) is 11.2 Å². The lowest BCUT2D eigenvalue weighted by molar-refractivity contribution is 0.0864. The first kappa shape index (κ1) is 23.8. The number of anilines is 4. The topological polar surface area (TPSA) is 95.5 Å². The second-order valence-corrected chi connectivity index (χ2v) is 9.38. The number of rotatable bonds is 5. The number of nitrogens with zero attached hydrogens (tertiary/aromatic N) is 5. The standard InChI is InChI=1S/C27H31N7O2/c1-3-19-17-24(31-27(35)36-22-7-5-4-6-8-22)30-25-23(19)18-28-26(32-25)29-20-9-11-21(12-10-20)34-15-13-33(2)14-16-34/h1,9-12,17-18,22H,4-8,13-16H2,2H3,(H2,28,29,30,31,32,35). The molecule has 3 aromatic rings. The molecule has 1 aliphatic heterocycles. The summed E-state index contributed by atoms with van der Waals surface area (Å²) < 4.78 is 5.55. The minimum atomic E-state index is -0.524. The van der Waals surface area contributed by atoms with E-state index in [0.717, 1.165) is 57.5 Å². The molecule has 0 atom stereocenters. The number of piperazine rings is 1. The van der Waals surface area contributed by atoms with Gasteiger partial charge in [-0.3, -0.25) is 5.32 Å². The highest BCUT2D eigenvalue weighted by Crippen LogP contribution is 2.24. The quantitative estimate of drug-likeness (QED) is 0.514. The third kappa shape index (κ3) is 5.66. The van der Waals surface area contributed by atoms with E-state index in [2.05, 4.69) is 60.5 Å². The number of amides is 1. The number of nitrogens with one attached hydrogen (secondary N) is 2. The average molecular weight is 486 g/mol. The lowest BCUT2D eigenvalue weighted by atomic mass is 9.98. The van der Waals surface area contributed by atoms with Crippen molar-refractivity contribution in [3.63, 3.8) is 0 Å². The van der Waals surface area contributed by atoms with Gasteiger partial charge in [-0.15, -0.1) is 6.42 Å². The van der Waals surface area contributed by atoms with Crippen LogP contribution in [0.2, 0.25) is 0 Å². The van der Waals surface area contributed by atoms with Gasteiger partial charge in [-0.05, 0) is 63.1 Å². The van der Waals surface area contributed by atoms with Crippen LogP contribution in [0.5, 0.6) is 0 Å². The Morgan fingerprint density at radius 1 is 1.08 bits per heavy atom. The summed E-state index contributed by atoms with van der Waals surface area (Å²) >= 11 is 0. The lowest BCUT2D eigenvalue weighted by Crippen LogP contribution is -2.44. The third-order valence-electron chi connectivity index (χ3n) is 6.77. The van der Waals surface area contributed by atoms with E-state index >= 15 is 0 Å². The third-order valence-corrected chi connectivity index (χ3v) is 6.77. The van der Waals surface area contributed by atoms with Gasteiger partial charge in [0, 0.05) is 49.3 Å². The number of ether oxygens (including phenoxy) is 1. The predicted octanol–water partition coefficient (Wildman–Crippen LogP) is 4.38. The van der Waals surface area contributed by atoms with Crippen LogP contribution in [0, 0.1) is 12.3 Å². The second kappa shape index (κ2) is 10.8. The lowest BCUT2D eigenvalue weighted by Gasteiger charge is -2.34. The van der Waals surface area contributed by atoms with Crippen LogP contribution in [-0.4, -0.2) is 65.3 Å². The van der Waals surface area contributed by atoms with Crippen LogP contribution in [0.25, 0.3) is 11.0 Å². The van der Waals surface area contributed by atoms with Gasteiger partial charge in [-0.2, -0.15) is 4.98 Å². The van der Waals surface area contributed by atoms with Crippen LogP contribution >= 0.6 is 0 Å². The Labute approximate surface area is 211 Å². The summed E-state index contributed by atoms with van der Waals surface area (Å²) in [5.74, 6) is 3.33. The molecule has 0 spiro atoms. The Bertz CT molecular complexity index is 1260. The molecule has 1 aromatic carbocycles. The average Bonchev–Trinajstić information content (AvgIpc) is 2.89. The molecule has 9 heteroatoms. The molecule has 2 N–H and O–H groups in total. The minimum Gasteiger partial charge on any atom is -0.446 e. The van der Waals surface area contributed by atoms with E-state index in [1.165, 1.54) is 12.1 Å². The zero-order valence-electron chi connectivity index (χ0n) is 20.5. The van der Waals surface area contributed by atoms with Gasteiger partial charge < -0.3 is 19.9 Å². The first-order valence-corrected chi connectivity index (χ1v) is 12.5. The Morgan fingerprint density at radius 2 is 1.83 bits per heavy atom. The second-order valence-electron chi connectivity index (χ2n) is 9.38. The van der Waals surface area contributed by atoms with Crippen molar-refractivity contribution >= 4 is 40.3 Å². The first-order valence-electron chi connectivity index (χ1n) is 12.5. The first-order chi connectivity index (χ1) is 17.6. The van der Waals surface area contributed by atoms with Crippen LogP contribution in [0.15, 0.2) is 36.5 Å². The number of terminal acetylenes is 1. The molecule has 3 heterocycles. The molecule has 0 bridgehead atoms. The number of carbonyl (C=O) groups is 1. The maximum Gasteiger partial charge on any atom is 0.413 e. The smallest absolute Gasteiger partial charge is 0.413 e. The summed E-state index contributed by atoms with van der Waals surface area (Å²) in [7, 11) is 2.15. The molecule has 9 nitrogen and oxygen atoms in total. The van der Waals surface area contributed by atoms with Crippen LogP contribution in [-0.2, 0) is 4.74 Å². The monoisotopic (exact) mass is 485 g/mol. The fourth-order valence-electron chi connectivity index (χ4n) is 4.67. The molecule has 2 fully saturated rings. The van der Waals surface area contributed by atoms with Crippen molar-refractivity contribution in [2.75, 3.05) is 48.8 Å². The Kier molecular flexibility index (Phi) is 7.14. The molecule has 1 aliphatic carbocycles. The van der Waals surface area contributed by atoms with Crippen molar-refractivity contribution in [3.8, 4) is 12.3 Å². The molecular formula is C27H31N7O2. The summed E-state index contributed by atoms with van der Waals surface area (Å²) in [4.78, 5) is 30.6. The highest BCUT2D eigenvalue weighted by molar-refractivity contribution is 5.89. The number of fused-ring (bicyclic) bond motifs is 1. The highest BCUT2D eigenvalue weighted by atomic mass is 16.6. The number of pyridine rings is 1. The summed E-state index contributed by atoms with van der Waals surface area (Å²) in [6.45, 7) is 4.16. The van der Waals surface area contributed by atoms with Crippen molar-refractivity contribution in [3.05, 3.63) is 42.1 Å². The molecule has 1 saturated carbocycles. The maximum absolute atomic E-state index is 12.4. The predicted molar refractivity (Wildman–Crippen MR) is 142 cm³/mol. The summed E-state index contributed by atoms with van der Waals surface area (Å²) in [6.07, 6.45) is 11.9. The van der Waals surface area contributed by atoms with Gasteiger partial charge in [-0.1, -0.05) is 12.3 Å². The van der Waals surface area contributed by atoms with Crippen molar-refractivity contribution in [2.24, 2.45) is 0 Å². The van der Waals surface area contributed by atoms with E-state index in [1.54, 1.807) is 12.3 Å². The van der Waals surface area contributed by atoms with Crippen LogP contribution < -0.4 is 15.5 Å². The normalized spacial score (nSPS) is 16.9. The maximum atomic E-state index is 12.4. The van der Waals surface area contributed by atoms with E-state index in [-0.39, 0.29) is 6.10 Å². The molecule has 186 valence electrons. The molecular weight excluding hydrogens is 454 g/mol. The van der Waals surface area contributed by atoms with Gasteiger partial charge in [0.1, 0.15) is 11.9 Å². The zero-order chi connectivity index (χ0) is 24.9. The summed E-state index contributed by atoms with van der Waals surface area (Å²) in [6, 6.07) is 9.87. The highest BCUT2D eigenvalue weighted by Gasteiger charge is 2.19. The number of aromatic nitrogens is 3. The van der Waals surface area contributed by atoms with Gasteiger partial charge in [-0.25, -0.2) is 14.8 Å². The molecule has 2 aromatic heterocycles. The Morgan fingerprint density at radius 3 is 2.56 bits per heavy atom. The fourth-order valence-corrected chi connectivity index (χ4v) is 4.67. The van der Waals surface area contributed by atoms with Crippen molar-refractivity contribution in [2.45, 2.75) is 38.2 Å². The van der Waals surface area contributed by atoms with Crippen LogP contribution in [0.4, 0.5) is 27.9 Å². The van der Waals surface area contributed by atoms with E-state index in [0.29, 0.717) is 28.4 Å². The minimum absolute atomic E-state index is 0.0490. The molecule has 0 radical (unpaired) electrons. The summed E-state index contributed by atoms with van der Waals surface area (Å²) in [5.41, 5.74) is 3.01. The molecule has 36 heavy (non-hydrogen) atoms. The van der Waals surface area contributed by atoms with Crippen LogP contribution in [0.1, 0.15) is 37.7 Å². The van der Waals surface area contributed by atoms with Crippen molar-refractivity contribution in [1.29, 1.82) is 0 Å². The van der Waals surface area contributed by atoms with Crippen molar-refractivity contribution < 1.29 is 9.53 Å². The zero-order valence-corrected chi connectivity index (χ0v) is 20.5. The number of benzene rings is 1.